The SMILES string of the molecule is c1ccc(-c2cc(-c3ccccc3)cc(-c3nc(-c4ccccc4)nc(-c4cc5cccc(-c6ccccc6)c5c5oc6ccccc6c45)n3)c2)cc1. The van der Waals surface area contributed by atoms with Gasteiger partial charge in [0.25, 0.3) is 0 Å². The van der Waals surface area contributed by atoms with Crippen molar-refractivity contribution in [3.63, 3.8) is 0 Å². The summed E-state index contributed by atoms with van der Waals surface area (Å²) in [6, 6.07) is 65.1. The highest BCUT2D eigenvalue weighted by molar-refractivity contribution is 6.23. The van der Waals surface area contributed by atoms with Gasteiger partial charge in [-0.05, 0) is 69.1 Å². The molecule has 0 N–H and O–H groups in total. The number of nitrogens with zero attached hydrogens (tertiary/aromatic N) is 3. The van der Waals surface area contributed by atoms with Crippen LogP contribution in [-0.4, -0.2) is 15.0 Å². The topological polar surface area (TPSA) is 51.8 Å². The number of benzene rings is 8. The summed E-state index contributed by atoms with van der Waals surface area (Å²) in [5.74, 6) is 1.79. The Kier molecular flexibility index (Phi) is 7.43. The quantitative estimate of drug-likeness (QED) is 0.176. The summed E-state index contributed by atoms with van der Waals surface area (Å²) in [5, 5.41) is 4.11. The van der Waals surface area contributed by atoms with Crippen molar-refractivity contribution in [1.29, 1.82) is 0 Å². The number of aromatic nitrogens is 3. The third-order valence-electron chi connectivity index (χ3n) is 9.89. The fourth-order valence-electron chi connectivity index (χ4n) is 7.39. The van der Waals surface area contributed by atoms with Gasteiger partial charge in [0, 0.05) is 32.8 Å². The summed E-state index contributed by atoms with van der Waals surface area (Å²) >= 11 is 0. The van der Waals surface area contributed by atoms with Crippen LogP contribution in [0.3, 0.4) is 0 Å². The highest BCUT2D eigenvalue weighted by Gasteiger charge is 2.22. The van der Waals surface area contributed by atoms with Gasteiger partial charge in [-0.2, -0.15) is 0 Å². The minimum absolute atomic E-state index is 0.587. The van der Waals surface area contributed by atoms with Crippen molar-refractivity contribution in [3.8, 4) is 67.5 Å². The van der Waals surface area contributed by atoms with Crippen LogP contribution in [0.4, 0.5) is 0 Å². The van der Waals surface area contributed by atoms with Gasteiger partial charge in [0.15, 0.2) is 17.5 Å². The van der Waals surface area contributed by atoms with Gasteiger partial charge in [0.2, 0.25) is 0 Å². The molecule has 0 bridgehead atoms. The Bertz CT molecular complexity index is 2860. The van der Waals surface area contributed by atoms with Crippen molar-refractivity contribution in [3.05, 3.63) is 188 Å². The number of furan rings is 1. The first kappa shape index (κ1) is 30.6. The van der Waals surface area contributed by atoms with Crippen molar-refractivity contribution in [2.45, 2.75) is 0 Å². The molecule has 53 heavy (non-hydrogen) atoms. The molecule has 0 amide bonds. The van der Waals surface area contributed by atoms with Crippen LogP contribution >= 0.6 is 0 Å². The van der Waals surface area contributed by atoms with Crippen LogP contribution in [0.15, 0.2) is 192 Å². The lowest BCUT2D eigenvalue weighted by Crippen LogP contribution is -2.01. The first-order chi connectivity index (χ1) is 26.3. The number of rotatable bonds is 6. The molecule has 4 heteroatoms. The predicted octanol–water partition coefficient (Wildman–Crippen LogP) is 12.9. The molecule has 8 aromatic carbocycles. The van der Waals surface area contributed by atoms with Gasteiger partial charge < -0.3 is 4.42 Å². The maximum absolute atomic E-state index is 6.78. The van der Waals surface area contributed by atoms with Crippen molar-refractivity contribution in [1.82, 2.24) is 15.0 Å². The van der Waals surface area contributed by atoms with Crippen LogP contribution in [-0.2, 0) is 0 Å². The Morgan fingerprint density at radius 2 is 0.830 bits per heavy atom. The molecule has 248 valence electrons. The van der Waals surface area contributed by atoms with Crippen LogP contribution in [0.2, 0.25) is 0 Å². The predicted molar refractivity (Wildman–Crippen MR) is 217 cm³/mol. The Labute approximate surface area is 306 Å². The minimum atomic E-state index is 0.587. The zero-order chi connectivity index (χ0) is 35.1. The molecular formula is C49H31N3O. The van der Waals surface area contributed by atoms with E-state index in [1.54, 1.807) is 0 Å². The van der Waals surface area contributed by atoms with E-state index in [0.717, 1.165) is 82.8 Å². The second-order valence-corrected chi connectivity index (χ2v) is 13.2. The highest BCUT2D eigenvalue weighted by atomic mass is 16.3. The molecule has 0 fully saturated rings. The molecule has 0 unspecified atom stereocenters. The van der Waals surface area contributed by atoms with E-state index in [-0.39, 0.29) is 0 Å². The Morgan fingerprint density at radius 3 is 1.47 bits per heavy atom. The molecule has 0 radical (unpaired) electrons. The Balaban J connectivity index is 1.27. The van der Waals surface area contributed by atoms with Gasteiger partial charge in [-0.25, -0.2) is 15.0 Å². The van der Waals surface area contributed by atoms with E-state index in [0.29, 0.717) is 17.5 Å². The second kappa shape index (κ2) is 12.9. The van der Waals surface area contributed by atoms with Crippen molar-refractivity contribution in [2.24, 2.45) is 0 Å². The molecule has 0 saturated carbocycles. The summed E-state index contributed by atoms with van der Waals surface area (Å²) in [7, 11) is 0. The van der Waals surface area contributed by atoms with Crippen LogP contribution in [0.5, 0.6) is 0 Å². The van der Waals surface area contributed by atoms with E-state index in [1.165, 1.54) is 0 Å². The normalized spacial score (nSPS) is 11.4. The monoisotopic (exact) mass is 677 g/mol. The van der Waals surface area contributed by atoms with Crippen LogP contribution in [0.1, 0.15) is 0 Å². The van der Waals surface area contributed by atoms with Crippen molar-refractivity contribution < 1.29 is 4.42 Å². The lowest BCUT2D eigenvalue weighted by Gasteiger charge is -2.14. The highest BCUT2D eigenvalue weighted by Crippen LogP contribution is 2.44. The smallest absolute Gasteiger partial charge is 0.164 e. The maximum Gasteiger partial charge on any atom is 0.164 e. The number of para-hydroxylation sites is 1. The van der Waals surface area contributed by atoms with Crippen LogP contribution < -0.4 is 0 Å². The van der Waals surface area contributed by atoms with Gasteiger partial charge in [0.05, 0.1) is 0 Å². The summed E-state index contributed by atoms with van der Waals surface area (Å²) in [6.07, 6.45) is 0. The van der Waals surface area contributed by atoms with E-state index in [2.05, 4.69) is 127 Å². The number of fused-ring (bicyclic) bond motifs is 5. The summed E-state index contributed by atoms with van der Waals surface area (Å²) in [5.41, 5.74) is 11.0. The molecule has 2 heterocycles. The third-order valence-corrected chi connectivity index (χ3v) is 9.89. The fourth-order valence-corrected chi connectivity index (χ4v) is 7.39. The van der Waals surface area contributed by atoms with Crippen LogP contribution in [0.25, 0.3) is 100 Å². The van der Waals surface area contributed by atoms with Gasteiger partial charge in [-0.15, -0.1) is 0 Å². The van der Waals surface area contributed by atoms with E-state index < -0.39 is 0 Å². The molecule has 0 spiro atoms. The summed E-state index contributed by atoms with van der Waals surface area (Å²) in [6.45, 7) is 0. The number of hydrogen-bond donors (Lipinski definition) is 0. The summed E-state index contributed by atoms with van der Waals surface area (Å²) < 4.78 is 6.78. The maximum atomic E-state index is 6.78. The van der Waals surface area contributed by atoms with E-state index in [9.17, 15) is 0 Å². The average Bonchev–Trinajstić information content (AvgIpc) is 3.64. The van der Waals surface area contributed by atoms with Crippen molar-refractivity contribution >= 4 is 32.7 Å². The van der Waals surface area contributed by atoms with Gasteiger partial charge in [-0.1, -0.05) is 158 Å². The molecule has 2 aromatic heterocycles. The van der Waals surface area contributed by atoms with Gasteiger partial charge >= 0.3 is 0 Å². The Morgan fingerprint density at radius 1 is 0.321 bits per heavy atom. The largest absolute Gasteiger partial charge is 0.455 e. The van der Waals surface area contributed by atoms with Gasteiger partial charge in [0.1, 0.15) is 11.2 Å². The second-order valence-electron chi connectivity index (χ2n) is 13.2. The van der Waals surface area contributed by atoms with E-state index in [1.807, 2.05) is 60.7 Å². The first-order valence-corrected chi connectivity index (χ1v) is 17.8. The van der Waals surface area contributed by atoms with Crippen molar-refractivity contribution in [2.75, 3.05) is 0 Å². The first-order valence-electron chi connectivity index (χ1n) is 17.8. The molecule has 0 saturated heterocycles. The average molecular weight is 678 g/mol. The molecular weight excluding hydrogens is 647 g/mol. The van der Waals surface area contributed by atoms with Gasteiger partial charge in [-0.3, -0.25) is 0 Å². The molecule has 4 nitrogen and oxygen atoms in total. The lowest BCUT2D eigenvalue weighted by atomic mass is 9.93. The minimum Gasteiger partial charge on any atom is -0.455 e. The van der Waals surface area contributed by atoms with Crippen LogP contribution in [0, 0.1) is 0 Å². The molecule has 0 atom stereocenters. The van der Waals surface area contributed by atoms with E-state index in [4.69, 9.17) is 19.4 Å². The zero-order valence-corrected chi connectivity index (χ0v) is 28.6. The molecule has 0 aliphatic rings. The summed E-state index contributed by atoms with van der Waals surface area (Å²) in [4.78, 5) is 15.7. The fraction of sp³-hybridized carbons (Fsp3) is 0. The molecule has 10 rings (SSSR count). The Hall–Kier alpha value is -7.17. The molecule has 0 aliphatic heterocycles. The zero-order valence-electron chi connectivity index (χ0n) is 28.6. The standard InChI is InChI=1S/C49H31N3O/c1-5-16-32(17-6-1)37-28-38(33-18-7-2-8-19-33)30-39(29-37)48-50-47(35-22-11-4-12-23-35)51-49(52-48)42-31-36-24-15-26-40(34-20-9-3-10-21-34)44(36)46-45(42)41-25-13-14-27-43(41)53-46/h1-31H. The number of hydrogen-bond acceptors (Lipinski definition) is 4. The third kappa shape index (κ3) is 5.54. The van der Waals surface area contributed by atoms with E-state index >= 15 is 0 Å². The molecule has 0 aliphatic carbocycles. The lowest BCUT2D eigenvalue weighted by molar-refractivity contribution is 0.673. The molecule has 10 aromatic rings.